The summed E-state index contributed by atoms with van der Waals surface area (Å²) < 4.78 is 6.19. The van der Waals surface area contributed by atoms with E-state index in [1.807, 2.05) is 0 Å². The molecule has 21 heavy (non-hydrogen) atoms. The minimum atomic E-state index is 0.168. The van der Waals surface area contributed by atoms with Gasteiger partial charge in [0.2, 0.25) is 0 Å². The topological polar surface area (TPSA) is 21.3 Å². The average molecular weight is 305 g/mol. The van der Waals surface area contributed by atoms with Gasteiger partial charge in [0.15, 0.2) is 0 Å². The highest BCUT2D eigenvalue weighted by atomic mass is 32.2. The van der Waals surface area contributed by atoms with E-state index in [9.17, 15) is 0 Å². The SMILES string of the molecule is CNC(c1ccc(C)cc1C)C1CCOC2(CCSC2)C1. The largest absolute Gasteiger partial charge is 0.374 e. The summed E-state index contributed by atoms with van der Waals surface area (Å²) in [5, 5.41) is 3.59. The van der Waals surface area contributed by atoms with Gasteiger partial charge in [0, 0.05) is 18.4 Å². The number of nitrogens with one attached hydrogen (secondary N) is 1. The molecule has 3 rings (SSSR count). The summed E-state index contributed by atoms with van der Waals surface area (Å²) in [6.45, 7) is 5.34. The predicted molar refractivity (Wildman–Crippen MR) is 91.1 cm³/mol. The second-order valence-electron chi connectivity index (χ2n) is 6.71. The van der Waals surface area contributed by atoms with Crippen molar-refractivity contribution in [1.82, 2.24) is 5.32 Å². The van der Waals surface area contributed by atoms with Crippen LogP contribution >= 0.6 is 11.8 Å². The number of aryl methyl sites for hydroxylation is 2. The van der Waals surface area contributed by atoms with E-state index in [-0.39, 0.29) is 5.60 Å². The van der Waals surface area contributed by atoms with E-state index < -0.39 is 0 Å². The van der Waals surface area contributed by atoms with Crippen molar-refractivity contribution in [2.75, 3.05) is 25.2 Å². The van der Waals surface area contributed by atoms with Gasteiger partial charge in [0.1, 0.15) is 0 Å². The van der Waals surface area contributed by atoms with E-state index in [0.29, 0.717) is 12.0 Å². The molecule has 2 aliphatic heterocycles. The maximum Gasteiger partial charge on any atom is 0.0783 e. The molecule has 2 saturated heterocycles. The molecule has 2 fully saturated rings. The standard InChI is InChI=1S/C18H27NOS/c1-13-4-5-16(14(2)10-13)17(19-3)15-6-8-20-18(11-15)7-9-21-12-18/h4-5,10,15,17,19H,6-9,11-12H2,1-3H3. The van der Waals surface area contributed by atoms with E-state index in [2.05, 4.69) is 56.2 Å². The van der Waals surface area contributed by atoms with Gasteiger partial charge in [0.05, 0.1) is 5.60 Å². The summed E-state index contributed by atoms with van der Waals surface area (Å²) in [6.07, 6.45) is 3.61. The highest BCUT2D eigenvalue weighted by Crippen LogP contribution is 2.44. The number of hydrogen-bond donors (Lipinski definition) is 1. The van der Waals surface area contributed by atoms with Gasteiger partial charge in [-0.3, -0.25) is 0 Å². The molecule has 0 bridgehead atoms. The summed E-state index contributed by atoms with van der Waals surface area (Å²) in [4.78, 5) is 0. The van der Waals surface area contributed by atoms with E-state index >= 15 is 0 Å². The van der Waals surface area contributed by atoms with Gasteiger partial charge in [0.25, 0.3) is 0 Å². The first-order chi connectivity index (χ1) is 10.1. The van der Waals surface area contributed by atoms with Crippen LogP contribution in [0.15, 0.2) is 18.2 Å². The van der Waals surface area contributed by atoms with E-state index in [4.69, 9.17) is 4.74 Å². The van der Waals surface area contributed by atoms with Crippen molar-refractivity contribution in [1.29, 1.82) is 0 Å². The lowest BCUT2D eigenvalue weighted by atomic mass is 9.78. The molecule has 0 amide bonds. The van der Waals surface area contributed by atoms with Crippen LogP contribution in [-0.2, 0) is 4.74 Å². The van der Waals surface area contributed by atoms with Crippen molar-refractivity contribution >= 4 is 11.8 Å². The summed E-state index contributed by atoms with van der Waals surface area (Å²) in [6, 6.07) is 7.32. The van der Waals surface area contributed by atoms with Gasteiger partial charge < -0.3 is 10.1 Å². The molecule has 2 aliphatic rings. The first kappa shape index (κ1) is 15.4. The van der Waals surface area contributed by atoms with Crippen LogP contribution in [0, 0.1) is 19.8 Å². The molecule has 2 nitrogen and oxygen atoms in total. The van der Waals surface area contributed by atoms with Crippen LogP contribution < -0.4 is 5.32 Å². The van der Waals surface area contributed by atoms with E-state index in [1.54, 1.807) is 0 Å². The van der Waals surface area contributed by atoms with Crippen molar-refractivity contribution in [3.8, 4) is 0 Å². The molecule has 1 spiro atoms. The molecule has 0 saturated carbocycles. The molecule has 3 unspecified atom stereocenters. The minimum Gasteiger partial charge on any atom is -0.374 e. The number of thioether (sulfide) groups is 1. The monoisotopic (exact) mass is 305 g/mol. The Morgan fingerprint density at radius 3 is 2.90 bits per heavy atom. The fourth-order valence-electron chi connectivity index (χ4n) is 4.03. The lowest BCUT2D eigenvalue weighted by Gasteiger charge is -2.41. The molecule has 2 heterocycles. The van der Waals surface area contributed by atoms with Gasteiger partial charge in [-0.15, -0.1) is 0 Å². The van der Waals surface area contributed by atoms with Crippen molar-refractivity contribution in [3.63, 3.8) is 0 Å². The molecule has 0 radical (unpaired) electrons. The Balaban J connectivity index is 1.82. The van der Waals surface area contributed by atoms with Crippen molar-refractivity contribution in [2.45, 2.75) is 44.8 Å². The number of ether oxygens (including phenoxy) is 1. The van der Waals surface area contributed by atoms with Crippen LogP contribution in [0.4, 0.5) is 0 Å². The highest BCUT2D eigenvalue weighted by molar-refractivity contribution is 7.99. The Kier molecular flexibility index (Phi) is 4.63. The van der Waals surface area contributed by atoms with Crippen LogP contribution in [0.2, 0.25) is 0 Å². The zero-order valence-corrected chi connectivity index (χ0v) is 14.3. The third-order valence-corrected chi connectivity index (χ3v) is 6.36. The van der Waals surface area contributed by atoms with Gasteiger partial charge >= 0.3 is 0 Å². The lowest BCUT2D eigenvalue weighted by molar-refractivity contribution is -0.0850. The van der Waals surface area contributed by atoms with Crippen LogP contribution in [-0.4, -0.2) is 30.8 Å². The molecule has 0 aliphatic carbocycles. The summed E-state index contributed by atoms with van der Waals surface area (Å²) in [5.41, 5.74) is 4.40. The number of rotatable bonds is 3. The maximum absolute atomic E-state index is 6.19. The Morgan fingerprint density at radius 1 is 1.38 bits per heavy atom. The molecule has 1 N–H and O–H groups in total. The summed E-state index contributed by atoms with van der Waals surface area (Å²) in [7, 11) is 2.11. The number of benzene rings is 1. The fourth-order valence-corrected chi connectivity index (χ4v) is 5.41. The number of hydrogen-bond acceptors (Lipinski definition) is 3. The quantitative estimate of drug-likeness (QED) is 0.916. The molecule has 1 aromatic rings. The molecule has 0 aromatic heterocycles. The van der Waals surface area contributed by atoms with Crippen LogP contribution in [0.25, 0.3) is 0 Å². The lowest BCUT2D eigenvalue weighted by Crippen LogP contribution is -2.43. The minimum absolute atomic E-state index is 0.168. The summed E-state index contributed by atoms with van der Waals surface area (Å²) in [5.74, 6) is 3.14. The predicted octanol–water partition coefficient (Wildman–Crippen LogP) is 3.87. The molecule has 3 heteroatoms. The first-order valence-electron chi connectivity index (χ1n) is 8.10. The highest BCUT2D eigenvalue weighted by Gasteiger charge is 2.42. The van der Waals surface area contributed by atoms with E-state index in [1.165, 1.54) is 47.5 Å². The van der Waals surface area contributed by atoms with Gasteiger partial charge in [-0.25, -0.2) is 0 Å². The third-order valence-electron chi connectivity index (χ3n) is 5.14. The molecule has 3 atom stereocenters. The second kappa shape index (κ2) is 6.31. The Labute approximate surface area is 133 Å². The fraction of sp³-hybridized carbons (Fsp3) is 0.667. The second-order valence-corrected chi connectivity index (χ2v) is 7.82. The van der Waals surface area contributed by atoms with Crippen LogP contribution in [0.3, 0.4) is 0 Å². The maximum atomic E-state index is 6.19. The summed E-state index contributed by atoms with van der Waals surface area (Å²) >= 11 is 2.06. The zero-order chi connectivity index (χ0) is 14.9. The van der Waals surface area contributed by atoms with Crippen LogP contribution in [0.5, 0.6) is 0 Å². The Morgan fingerprint density at radius 2 is 2.24 bits per heavy atom. The van der Waals surface area contributed by atoms with Gasteiger partial charge in [-0.2, -0.15) is 11.8 Å². The van der Waals surface area contributed by atoms with Crippen molar-refractivity contribution in [2.24, 2.45) is 5.92 Å². The van der Waals surface area contributed by atoms with Crippen molar-refractivity contribution in [3.05, 3.63) is 34.9 Å². The van der Waals surface area contributed by atoms with Crippen LogP contribution in [0.1, 0.15) is 42.0 Å². The Bertz CT molecular complexity index is 496. The first-order valence-corrected chi connectivity index (χ1v) is 9.25. The average Bonchev–Trinajstić information content (AvgIpc) is 2.90. The Hall–Kier alpha value is -0.510. The molecular weight excluding hydrogens is 278 g/mol. The zero-order valence-electron chi connectivity index (χ0n) is 13.4. The van der Waals surface area contributed by atoms with Crippen molar-refractivity contribution < 1.29 is 4.74 Å². The third kappa shape index (κ3) is 3.15. The molecule has 116 valence electrons. The van der Waals surface area contributed by atoms with E-state index in [0.717, 1.165) is 6.61 Å². The molecular formula is C18H27NOS. The van der Waals surface area contributed by atoms with Gasteiger partial charge in [-0.1, -0.05) is 23.8 Å². The molecule has 1 aromatic carbocycles. The van der Waals surface area contributed by atoms with Gasteiger partial charge in [-0.05, 0) is 63.0 Å². The normalized spacial score (nSPS) is 30.7. The smallest absolute Gasteiger partial charge is 0.0783 e.